The maximum Gasteiger partial charge on any atom is 0.0770 e. The van der Waals surface area contributed by atoms with Crippen LogP contribution in [0.2, 0.25) is 5.02 Å². The van der Waals surface area contributed by atoms with Gasteiger partial charge in [0.2, 0.25) is 0 Å². The molecular formula is C21H16ClNS. The van der Waals surface area contributed by atoms with E-state index in [4.69, 9.17) is 16.6 Å². The van der Waals surface area contributed by atoms with E-state index in [1.165, 1.54) is 11.1 Å². The van der Waals surface area contributed by atoms with E-state index < -0.39 is 0 Å². The summed E-state index contributed by atoms with van der Waals surface area (Å²) in [6.07, 6.45) is 0.894. The molecule has 3 aromatic rings. The molecule has 1 atom stereocenters. The average molecular weight is 350 g/mol. The van der Waals surface area contributed by atoms with Gasteiger partial charge in [0.15, 0.2) is 0 Å². The third kappa shape index (κ3) is 3.26. The van der Waals surface area contributed by atoms with Crippen LogP contribution in [0.4, 0.5) is 5.69 Å². The lowest BCUT2D eigenvalue weighted by Gasteiger charge is -2.16. The molecule has 0 aromatic heterocycles. The molecule has 1 aliphatic rings. The molecule has 1 heterocycles. The predicted octanol–water partition coefficient (Wildman–Crippen LogP) is 6.70. The molecule has 0 radical (unpaired) electrons. The molecule has 0 spiro atoms. The minimum absolute atomic E-state index is 0.324. The Bertz CT molecular complexity index is 875. The average Bonchev–Trinajstić information content (AvgIpc) is 2.82. The third-order valence-corrected chi connectivity index (χ3v) is 5.64. The summed E-state index contributed by atoms with van der Waals surface area (Å²) in [5.74, 6) is 0. The van der Waals surface area contributed by atoms with E-state index in [1.807, 2.05) is 36.0 Å². The topological polar surface area (TPSA) is 12.4 Å². The van der Waals surface area contributed by atoms with Crippen molar-refractivity contribution in [3.8, 4) is 0 Å². The molecule has 3 heteroatoms. The van der Waals surface area contributed by atoms with Gasteiger partial charge in [-0.25, -0.2) is 0 Å². The van der Waals surface area contributed by atoms with Crippen LogP contribution in [0.3, 0.4) is 0 Å². The Morgan fingerprint density at radius 3 is 2.33 bits per heavy atom. The highest BCUT2D eigenvalue weighted by Gasteiger charge is 2.22. The van der Waals surface area contributed by atoms with Crippen molar-refractivity contribution < 1.29 is 0 Å². The minimum Gasteiger partial charge on any atom is -0.252 e. The van der Waals surface area contributed by atoms with Gasteiger partial charge in [-0.2, -0.15) is 0 Å². The van der Waals surface area contributed by atoms with Crippen molar-refractivity contribution in [3.63, 3.8) is 0 Å². The Balaban J connectivity index is 1.82. The van der Waals surface area contributed by atoms with Crippen LogP contribution in [0.1, 0.15) is 22.8 Å². The molecule has 24 heavy (non-hydrogen) atoms. The van der Waals surface area contributed by atoms with Crippen LogP contribution in [0, 0.1) is 0 Å². The molecule has 0 amide bonds. The molecule has 118 valence electrons. The van der Waals surface area contributed by atoms with Gasteiger partial charge < -0.3 is 0 Å². The van der Waals surface area contributed by atoms with Crippen molar-refractivity contribution in [1.29, 1.82) is 0 Å². The zero-order chi connectivity index (χ0) is 16.4. The Kier molecular flexibility index (Phi) is 4.42. The van der Waals surface area contributed by atoms with Gasteiger partial charge in [-0.05, 0) is 29.3 Å². The molecule has 0 bridgehead atoms. The smallest absolute Gasteiger partial charge is 0.0770 e. The van der Waals surface area contributed by atoms with Crippen molar-refractivity contribution in [2.45, 2.75) is 16.6 Å². The van der Waals surface area contributed by atoms with Gasteiger partial charge in [-0.15, -0.1) is 11.8 Å². The van der Waals surface area contributed by atoms with Gasteiger partial charge in [0.1, 0.15) is 0 Å². The largest absolute Gasteiger partial charge is 0.252 e. The van der Waals surface area contributed by atoms with Crippen LogP contribution in [-0.2, 0) is 0 Å². The molecule has 4 rings (SSSR count). The molecule has 1 aliphatic heterocycles. The second-order valence-electron chi connectivity index (χ2n) is 5.76. The van der Waals surface area contributed by atoms with Gasteiger partial charge in [-0.1, -0.05) is 72.3 Å². The van der Waals surface area contributed by atoms with Gasteiger partial charge >= 0.3 is 0 Å². The SMILES string of the molecule is Clc1ccc2c(c1)SC(c1ccccc1)CC(c1ccccc1)=N2. The maximum atomic E-state index is 6.22. The summed E-state index contributed by atoms with van der Waals surface area (Å²) in [6.45, 7) is 0. The van der Waals surface area contributed by atoms with Crippen LogP contribution in [-0.4, -0.2) is 5.71 Å². The number of thioether (sulfide) groups is 1. The van der Waals surface area contributed by atoms with Gasteiger partial charge in [0, 0.05) is 27.3 Å². The lowest BCUT2D eigenvalue weighted by atomic mass is 10.0. The zero-order valence-electron chi connectivity index (χ0n) is 13.0. The summed E-state index contributed by atoms with van der Waals surface area (Å²) in [5, 5.41) is 1.08. The fourth-order valence-electron chi connectivity index (χ4n) is 2.90. The summed E-state index contributed by atoms with van der Waals surface area (Å²) in [6, 6.07) is 27.0. The van der Waals surface area contributed by atoms with E-state index in [9.17, 15) is 0 Å². The Labute approximate surface area is 151 Å². The third-order valence-electron chi connectivity index (χ3n) is 4.10. The van der Waals surface area contributed by atoms with E-state index in [2.05, 4.69) is 54.6 Å². The van der Waals surface area contributed by atoms with E-state index in [-0.39, 0.29) is 0 Å². The second kappa shape index (κ2) is 6.84. The monoisotopic (exact) mass is 349 g/mol. The highest BCUT2D eigenvalue weighted by atomic mass is 35.5. The molecule has 0 aliphatic carbocycles. The molecule has 1 nitrogen and oxygen atoms in total. The Morgan fingerprint density at radius 1 is 0.875 bits per heavy atom. The predicted molar refractivity (Wildman–Crippen MR) is 104 cm³/mol. The lowest BCUT2D eigenvalue weighted by Crippen LogP contribution is -2.05. The first-order chi connectivity index (χ1) is 11.8. The first-order valence-electron chi connectivity index (χ1n) is 7.94. The first kappa shape index (κ1) is 15.5. The van der Waals surface area contributed by atoms with E-state index in [0.29, 0.717) is 5.25 Å². The maximum absolute atomic E-state index is 6.22. The van der Waals surface area contributed by atoms with Crippen LogP contribution >= 0.6 is 23.4 Å². The molecule has 0 fully saturated rings. The number of aliphatic imine (C=N–C) groups is 1. The van der Waals surface area contributed by atoms with Crippen molar-refractivity contribution >= 4 is 34.8 Å². The summed E-state index contributed by atoms with van der Waals surface area (Å²) in [7, 11) is 0. The van der Waals surface area contributed by atoms with Crippen LogP contribution < -0.4 is 0 Å². The molecular weight excluding hydrogens is 334 g/mol. The Hall–Kier alpha value is -2.03. The number of hydrogen-bond acceptors (Lipinski definition) is 2. The summed E-state index contributed by atoms with van der Waals surface area (Å²) < 4.78 is 0. The second-order valence-corrected chi connectivity index (χ2v) is 7.44. The summed E-state index contributed by atoms with van der Waals surface area (Å²) in [5.41, 5.74) is 4.63. The van der Waals surface area contributed by atoms with Gasteiger partial charge in [0.05, 0.1) is 5.69 Å². The normalized spacial score (nSPS) is 16.9. The highest BCUT2D eigenvalue weighted by Crippen LogP contribution is 2.46. The standard InChI is InChI=1S/C21H16ClNS/c22-17-11-12-18-21(13-17)24-20(16-9-5-2-6-10-16)14-19(23-18)15-7-3-1-4-8-15/h1-13,20H,14H2. The van der Waals surface area contributed by atoms with Crippen molar-refractivity contribution in [2.24, 2.45) is 4.99 Å². The minimum atomic E-state index is 0.324. The van der Waals surface area contributed by atoms with E-state index >= 15 is 0 Å². The lowest BCUT2D eigenvalue weighted by molar-refractivity contribution is 1.01. The number of fused-ring (bicyclic) bond motifs is 1. The van der Waals surface area contributed by atoms with E-state index in [0.717, 1.165) is 27.7 Å². The fraction of sp³-hybridized carbons (Fsp3) is 0.0952. The Morgan fingerprint density at radius 2 is 1.58 bits per heavy atom. The van der Waals surface area contributed by atoms with Gasteiger partial charge in [-0.3, -0.25) is 4.99 Å². The number of halogens is 1. The molecule has 0 N–H and O–H groups in total. The van der Waals surface area contributed by atoms with Crippen molar-refractivity contribution in [3.05, 3.63) is 95.0 Å². The van der Waals surface area contributed by atoms with Crippen molar-refractivity contribution in [1.82, 2.24) is 0 Å². The summed E-state index contributed by atoms with van der Waals surface area (Å²) >= 11 is 8.06. The van der Waals surface area contributed by atoms with Crippen LogP contribution in [0.15, 0.2) is 88.8 Å². The van der Waals surface area contributed by atoms with Crippen LogP contribution in [0.5, 0.6) is 0 Å². The van der Waals surface area contributed by atoms with E-state index in [1.54, 1.807) is 0 Å². The molecule has 0 saturated heterocycles. The quantitative estimate of drug-likeness (QED) is 0.501. The number of nitrogens with zero attached hydrogens (tertiary/aromatic N) is 1. The van der Waals surface area contributed by atoms with Crippen molar-refractivity contribution in [2.75, 3.05) is 0 Å². The highest BCUT2D eigenvalue weighted by molar-refractivity contribution is 7.99. The number of hydrogen-bond donors (Lipinski definition) is 0. The van der Waals surface area contributed by atoms with Crippen LogP contribution in [0.25, 0.3) is 0 Å². The van der Waals surface area contributed by atoms with Gasteiger partial charge in [0.25, 0.3) is 0 Å². The molecule has 0 saturated carbocycles. The fourth-order valence-corrected chi connectivity index (χ4v) is 4.41. The molecule has 1 unspecified atom stereocenters. The zero-order valence-corrected chi connectivity index (χ0v) is 14.6. The molecule has 3 aromatic carbocycles. The number of benzene rings is 3. The number of rotatable bonds is 2. The first-order valence-corrected chi connectivity index (χ1v) is 9.19. The summed E-state index contributed by atoms with van der Waals surface area (Å²) in [4.78, 5) is 6.10.